The molecule has 156 valence electrons. The van der Waals surface area contributed by atoms with Crippen molar-refractivity contribution in [2.45, 2.75) is 30.7 Å². The van der Waals surface area contributed by atoms with Crippen LogP contribution in [-0.2, 0) is 10.0 Å². The Balaban J connectivity index is 1.40. The van der Waals surface area contributed by atoms with Gasteiger partial charge in [0, 0.05) is 24.3 Å². The molecule has 3 aromatic rings. The van der Waals surface area contributed by atoms with Gasteiger partial charge in [0.1, 0.15) is 12.7 Å². The third kappa shape index (κ3) is 4.35. The van der Waals surface area contributed by atoms with Crippen molar-refractivity contribution < 1.29 is 13.2 Å². The molecule has 4 rings (SSSR count). The third-order valence-corrected chi connectivity index (χ3v) is 6.67. The van der Waals surface area contributed by atoms with Crippen LogP contribution in [0.15, 0.2) is 66.1 Å². The number of aryl methyl sites for hydroxylation is 1. The van der Waals surface area contributed by atoms with Crippen LogP contribution in [-0.4, -0.2) is 47.1 Å². The molecule has 0 saturated carbocycles. The Morgan fingerprint density at radius 3 is 2.30 bits per heavy atom. The van der Waals surface area contributed by atoms with Gasteiger partial charge in [-0.15, -0.1) is 0 Å². The Morgan fingerprint density at radius 2 is 1.70 bits per heavy atom. The van der Waals surface area contributed by atoms with E-state index in [9.17, 15) is 13.2 Å². The van der Waals surface area contributed by atoms with E-state index in [0.29, 0.717) is 24.3 Å². The van der Waals surface area contributed by atoms with Gasteiger partial charge >= 0.3 is 0 Å². The van der Waals surface area contributed by atoms with E-state index in [1.165, 1.54) is 18.5 Å². The number of anilines is 1. The molecule has 0 radical (unpaired) electrons. The Kier molecular flexibility index (Phi) is 5.54. The van der Waals surface area contributed by atoms with Crippen LogP contribution in [0.4, 0.5) is 5.69 Å². The van der Waals surface area contributed by atoms with Gasteiger partial charge in [-0.1, -0.05) is 17.7 Å². The van der Waals surface area contributed by atoms with Gasteiger partial charge in [0.25, 0.3) is 15.9 Å². The highest BCUT2D eigenvalue weighted by molar-refractivity contribution is 7.92. The molecule has 0 bridgehead atoms. The molecule has 30 heavy (non-hydrogen) atoms. The van der Waals surface area contributed by atoms with E-state index in [0.717, 1.165) is 18.4 Å². The topological polar surface area (TPSA) is 97.2 Å². The Labute approximate surface area is 175 Å². The summed E-state index contributed by atoms with van der Waals surface area (Å²) >= 11 is 0. The number of amides is 1. The van der Waals surface area contributed by atoms with Crippen molar-refractivity contribution in [1.82, 2.24) is 19.7 Å². The van der Waals surface area contributed by atoms with Crippen LogP contribution < -0.4 is 4.72 Å². The molecule has 0 atom stereocenters. The molecule has 8 nitrogen and oxygen atoms in total. The number of aromatic nitrogens is 3. The summed E-state index contributed by atoms with van der Waals surface area (Å²) in [5.41, 5.74) is 2.02. The van der Waals surface area contributed by atoms with Crippen LogP contribution in [0.1, 0.15) is 34.8 Å². The molecule has 0 aliphatic carbocycles. The first-order chi connectivity index (χ1) is 14.4. The summed E-state index contributed by atoms with van der Waals surface area (Å²) < 4.78 is 29.6. The lowest BCUT2D eigenvalue weighted by Gasteiger charge is -2.32. The number of rotatable bonds is 5. The number of sulfonamides is 1. The highest BCUT2D eigenvalue weighted by Gasteiger charge is 2.25. The summed E-state index contributed by atoms with van der Waals surface area (Å²) in [6, 6.07) is 13.4. The van der Waals surface area contributed by atoms with Crippen molar-refractivity contribution >= 4 is 21.6 Å². The number of nitrogens with zero attached hydrogens (tertiary/aromatic N) is 4. The molecule has 1 N–H and O–H groups in total. The van der Waals surface area contributed by atoms with Gasteiger partial charge in [-0.2, -0.15) is 5.10 Å². The molecule has 1 aliphatic heterocycles. The molecule has 9 heteroatoms. The van der Waals surface area contributed by atoms with Crippen LogP contribution in [0.25, 0.3) is 0 Å². The fourth-order valence-electron chi connectivity index (χ4n) is 3.53. The standard InChI is InChI=1S/C21H23N5O3S/c1-16-2-6-18(7-3-16)24-30(28,29)20-8-4-17(5-9-20)21(27)25-12-10-19(11-13-25)26-15-22-14-23-26/h2-9,14-15,19,24H,10-13H2,1H3. The lowest BCUT2D eigenvalue weighted by Crippen LogP contribution is -2.39. The van der Waals surface area contributed by atoms with E-state index in [2.05, 4.69) is 14.8 Å². The van der Waals surface area contributed by atoms with E-state index in [1.54, 1.807) is 35.5 Å². The maximum atomic E-state index is 12.8. The highest BCUT2D eigenvalue weighted by atomic mass is 32.2. The second kappa shape index (κ2) is 8.27. The predicted molar refractivity (Wildman–Crippen MR) is 113 cm³/mol. The van der Waals surface area contributed by atoms with Crippen molar-refractivity contribution in [3.63, 3.8) is 0 Å². The van der Waals surface area contributed by atoms with Crippen molar-refractivity contribution in [3.8, 4) is 0 Å². The van der Waals surface area contributed by atoms with Crippen molar-refractivity contribution in [2.75, 3.05) is 17.8 Å². The van der Waals surface area contributed by atoms with Crippen LogP contribution >= 0.6 is 0 Å². The van der Waals surface area contributed by atoms with Gasteiger partial charge in [0.2, 0.25) is 0 Å². The molecule has 0 spiro atoms. The monoisotopic (exact) mass is 425 g/mol. The number of carbonyl (C=O) groups excluding carboxylic acids is 1. The fourth-order valence-corrected chi connectivity index (χ4v) is 4.59. The number of nitrogens with one attached hydrogen (secondary N) is 1. The number of carbonyl (C=O) groups is 1. The first-order valence-corrected chi connectivity index (χ1v) is 11.2. The van der Waals surface area contributed by atoms with Gasteiger partial charge in [0.05, 0.1) is 10.9 Å². The first kappa shape index (κ1) is 20.1. The predicted octanol–water partition coefficient (Wildman–Crippen LogP) is 2.86. The number of likely N-dealkylation sites (tertiary alicyclic amines) is 1. The van der Waals surface area contributed by atoms with E-state index in [4.69, 9.17) is 0 Å². The molecule has 2 aromatic carbocycles. The highest BCUT2D eigenvalue weighted by Crippen LogP contribution is 2.23. The maximum Gasteiger partial charge on any atom is 0.261 e. The normalized spacial score (nSPS) is 15.2. The number of hydrogen-bond acceptors (Lipinski definition) is 5. The zero-order valence-electron chi connectivity index (χ0n) is 16.6. The lowest BCUT2D eigenvalue weighted by molar-refractivity contribution is 0.0689. The van der Waals surface area contributed by atoms with Gasteiger partial charge < -0.3 is 4.90 Å². The van der Waals surface area contributed by atoms with Crippen molar-refractivity contribution in [2.24, 2.45) is 0 Å². The summed E-state index contributed by atoms with van der Waals surface area (Å²) in [6.07, 6.45) is 4.83. The van der Waals surface area contributed by atoms with Crippen LogP contribution in [0.5, 0.6) is 0 Å². The van der Waals surface area contributed by atoms with E-state index >= 15 is 0 Å². The van der Waals surface area contributed by atoms with Crippen molar-refractivity contribution in [3.05, 3.63) is 72.3 Å². The van der Waals surface area contributed by atoms with Crippen LogP contribution in [0.3, 0.4) is 0 Å². The zero-order chi connectivity index (χ0) is 21.1. The van der Waals surface area contributed by atoms with E-state index < -0.39 is 10.0 Å². The average molecular weight is 426 g/mol. The number of benzene rings is 2. The summed E-state index contributed by atoms with van der Waals surface area (Å²) in [5, 5.41) is 4.17. The minimum Gasteiger partial charge on any atom is -0.338 e. The maximum absolute atomic E-state index is 12.8. The first-order valence-electron chi connectivity index (χ1n) is 9.75. The Hall–Kier alpha value is -3.20. The van der Waals surface area contributed by atoms with Crippen LogP contribution in [0.2, 0.25) is 0 Å². The van der Waals surface area contributed by atoms with E-state index in [1.807, 2.05) is 23.7 Å². The average Bonchev–Trinajstić information content (AvgIpc) is 3.30. The molecule has 1 saturated heterocycles. The van der Waals surface area contributed by atoms with Gasteiger partial charge in [0.15, 0.2) is 0 Å². The summed E-state index contributed by atoms with van der Waals surface area (Å²) in [4.78, 5) is 18.7. The number of piperidine rings is 1. The lowest BCUT2D eigenvalue weighted by atomic mass is 10.0. The van der Waals surface area contributed by atoms with Crippen LogP contribution in [0, 0.1) is 6.92 Å². The molecule has 1 amide bonds. The molecule has 1 aliphatic rings. The summed E-state index contributed by atoms with van der Waals surface area (Å²) in [5.74, 6) is -0.0949. The second-order valence-electron chi connectivity index (χ2n) is 7.39. The number of hydrogen-bond donors (Lipinski definition) is 1. The Bertz CT molecular complexity index is 1100. The molecule has 1 fully saturated rings. The SMILES string of the molecule is Cc1ccc(NS(=O)(=O)c2ccc(C(=O)N3CCC(n4cncn4)CC3)cc2)cc1. The van der Waals surface area contributed by atoms with E-state index in [-0.39, 0.29) is 16.8 Å². The minimum atomic E-state index is -3.72. The smallest absolute Gasteiger partial charge is 0.261 e. The molecule has 1 aromatic heterocycles. The van der Waals surface area contributed by atoms with Crippen molar-refractivity contribution in [1.29, 1.82) is 0 Å². The third-order valence-electron chi connectivity index (χ3n) is 5.28. The molecule has 2 heterocycles. The summed E-state index contributed by atoms with van der Waals surface area (Å²) in [6.45, 7) is 3.18. The Morgan fingerprint density at radius 1 is 1.03 bits per heavy atom. The fraction of sp³-hybridized carbons (Fsp3) is 0.286. The largest absolute Gasteiger partial charge is 0.338 e. The van der Waals surface area contributed by atoms with Gasteiger partial charge in [-0.25, -0.2) is 18.1 Å². The molecular weight excluding hydrogens is 402 g/mol. The van der Waals surface area contributed by atoms with Gasteiger partial charge in [-0.05, 0) is 56.2 Å². The second-order valence-corrected chi connectivity index (χ2v) is 9.08. The zero-order valence-corrected chi connectivity index (χ0v) is 17.4. The minimum absolute atomic E-state index is 0.0949. The molecule has 0 unspecified atom stereocenters. The quantitative estimate of drug-likeness (QED) is 0.678. The molecular formula is C21H23N5O3S. The summed E-state index contributed by atoms with van der Waals surface area (Å²) in [7, 11) is -3.72. The van der Waals surface area contributed by atoms with Gasteiger partial charge in [-0.3, -0.25) is 9.52 Å².